The molecule has 0 amide bonds. The van der Waals surface area contributed by atoms with Crippen LogP contribution in [0.15, 0.2) is 24.4 Å². The van der Waals surface area contributed by atoms with E-state index >= 15 is 0 Å². The van der Waals surface area contributed by atoms with E-state index in [1.54, 1.807) is 13.1 Å². The van der Waals surface area contributed by atoms with Crippen molar-refractivity contribution < 1.29 is 17.9 Å². The fourth-order valence-electron chi connectivity index (χ4n) is 2.14. The van der Waals surface area contributed by atoms with Crippen LogP contribution in [0.4, 0.5) is 13.2 Å². The molecule has 21 heavy (non-hydrogen) atoms. The first-order valence-electron chi connectivity index (χ1n) is 6.60. The van der Waals surface area contributed by atoms with Crippen molar-refractivity contribution in [2.45, 2.75) is 32.4 Å². The van der Waals surface area contributed by atoms with Crippen molar-refractivity contribution in [1.82, 2.24) is 15.4 Å². The van der Waals surface area contributed by atoms with Gasteiger partial charge in [0.2, 0.25) is 0 Å². The van der Waals surface area contributed by atoms with Crippen LogP contribution in [0.2, 0.25) is 0 Å². The van der Waals surface area contributed by atoms with E-state index in [9.17, 15) is 13.2 Å². The third kappa shape index (κ3) is 3.74. The van der Waals surface area contributed by atoms with Gasteiger partial charge >= 0.3 is 6.18 Å². The number of rotatable bonds is 5. The smallest absolute Gasteiger partial charge is 0.416 e. The van der Waals surface area contributed by atoms with Gasteiger partial charge in [-0.15, -0.1) is 0 Å². The zero-order valence-corrected chi connectivity index (χ0v) is 11.7. The maximum atomic E-state index is 12.9. The van der Waals surface area contributed by atoms with Crippen LogP contribution in [0.1, 0.15) is 36.6 Å². The van der Waals surface area contributed by atoms with Gasteiger partial charge in [0.1, 0.15) is 5.75 Å². The molecule has 0 aliphatic carbocycles. The monoisotopic (exact) mass is 299 g/mol. The first kappa shape index (κ1) is 15.3. The third-order valence-electron chi connectivity index (χ3n) is 3.15. The molecule has 0 bridgehead atoms. The predicted octanol–water partition coefficient (Wildman–Crippen LogP) is 3.57. The van der Waals surface area contributed by atoms with Gasteiger partial charge in [-0.2, -0.15) is 28.6 Å². The van der Waals surface area contributed by atoms with E-state index in [0.717, 1.165) is 12.1 Å². The third-order valence-corrected chi connectivity index (χ3v) is 3.15. The number of halogens is 3. The second kappa shape index (κ2) is 6.15. The number of alkyl halides is 3. The van der Waals surface area contributed by atoms with Crippen LogP contribution < -0.4 is 4.74 Å². The molecule has 4 nitrogen and oxygen atoms in total. The number of nitrogens with zero attached hydrogens (tertiary/aromatic N) is 2. The molecule has 114 valence electrons. The normalized spacial score (nSPS) is 13.2. The zero-order valence-electron chi connectivity index (χ0n) is 11.7. The van der Waals surface area contributed by atoms with Crippen molar-refractivity contribution in [3.05, 3.63) is 41.2 Å². The number of aromatic amines is 1. The number of H-pyrrole nitrogens is 1. The summed E-state index contributed by atoms with van der Waals surface area (Å²) in [4.78, 5) is 0. The molecular formula is C14H16F3N3O. The molecule has 2 aromatic rings. The number of ether oxygens (including phenoxy) is 1. The van der Waals surface area contributed by atoms with Gasteiger partial charge in [0, 0.05) is 0 Å². The molecule has 0 saturated carbocycles. The lowest BCUT2D eigenvalue weighted by molar-refractivity contribution is -0.137. The summed E-state index contributed by atoms with van der Waals surface area (Å²) < 4.78 is 44.0. The summed E-state index contributed by atoms with van der Waals surface area (Å²) >= 11 is 0. The van der Waals surface area contributed by atoms with Gasteiger partial charge in [-0.25, -0.2) is 0 Å². The average molecular weight is 299 g/mol. The highest BCUT2D eigenvalue weighted by Crippen LogP contribution is 2.36. The largest absolute Gasteiger partial charge is 0.494 e. The number of nitrogens with one attached hydrogen (secondary N) is 1. The Kier molecular flexibility index (Phi) is 4.50. The van der Waals surface area contributed by atoms with E-state index in [1.165, 1.54) is 6.07 Å². The zero-order chi connectivity index (χ0) is 15.5. The standard InChI is InChI=1S/C14H16F3N3O/c1-3-21-13-5-4-10(14(15,16)17)7-12(13)9(2)6-11-8-18-20-19-11/h4-5,7-9H,3,6H2,1-2H3,(H,18,19,20). The first-order valence-corrected chi connectivity index (χ1v) is 6.60. The van der Waals surface area contributed by atoms with E-state index in [1.807, 2.05) is 6.92 Å². The highest BCUT2D eigenvalue weighted by atomic mass is 19.4. The van der Waals surface area contributed by atoms with Crippen LogP contribution in [0.3, 0.4) is 0 Å². The van der Waals surface area contributed by atoms with E-state index in [-0.39, 0.29) is 5.92 Å². The summed E-state index contributed by atoms with van der Waals surface area (Å²) in [6.45, 7) is 4.03. The van der Waals surface area contributed by atoms with Crippen molar-refractivity contribution in [3.63, 3.8) is 0 Å². The molecule has 7 heteroatoms. The van der Waals surface area contributed by atoms with Crippen molar-refractivity contribution in [1.29, 1.82) is 0 Å². The Labute approximate surface area is 120 Å². The summed E-state index contributed by atoms with van der Waals surface area (Å²) in [5.41, 5.74) is 0.546. The lowest BCUT2D eigenvalue weighted by Crippen LogP contribution is -2.09. The van der Waals surface area contributed by atoms with Crippen LogP contribution in [-0.2, 0) is 12.6 Å². The molecule has 0 fully saturated rings. The topological polar surface area (TPSA) is 50.8 Å². The molecule has 0 aliphatic heterocycles. The van der Waals surface area contributed by atoms with Crippen molar-refractivity contribution in [2.24, 2.45) is 0 Å². The summed E-state index contributed by atoms with van der Waals surface area (Å²) in [6.07, 6.45) is -2.32. The van der Waals surface area contributed by atoms with E-state index in [0.29, 0.717) is 30.0 Å². The maximum Gasteiger partial charge on any atom is 0.416 e. The van der Waals surface area contributed by atoms with Crippen molar-refractivity contribution in [3.8, 4) is 5.75 Å². The molecule has 1 heterocycles. The Morgan fingerprint density at radius 3 is 2.67 bits per heavy atom. The Balaban J connectivity index is 2.33. The second-order valence-electron chi connectivity index (χ2n) is 4.75. The Morgan fingerprint density at radius 1 is 1.33 bits per heavy atom. The van der Waals surface area contributed by atoms with E-state index in [2.05, 4.69) is 15.4 Å². The molecule has 1 unspecified atom stereocenters. The molecule has 1 aromatic carbocycles. The van der Waals surface area contributed by atoms with Crippen molar-refractivity contribution >= 4 is 0 Å². The van der Waals surface area contributed by atoms with Gasteiger partial charge in [0.25, 0.3) is 0 Å². The van der Waals surface area contributed by atoms with Crippen LogP contribution in [-0.4, -0.2) is 22.0 Å². The highest BCUT2D eigenvalue weighted by molar-refractivity contribution is 5.41. The fourth-order valence-corrected chi connectivity index (χ4v) is 2.14. The Bertz CT molecular complexity index is 582. The minimum absolute atomic E-state index is 0.168. The number of hydrogen-bond acceptors (Lipinski definition) is 3. The summed E-state index contributed by atoms with van der Waals surface area (Å²) in [5.74, 6) is 0.306. The number of benzene rings is 1. The van der Waals surface area contributed by atoms with E-state index < -0.39 is 11.7 Å². The molecule has 2 rings (SSSR count). The average Bonchev–Trinajstić information content (AvgIpc) is 2.91. The number of hydrogen-bond donors (Lipinski definition) is 1. The summed E-state index contributed by atoms with van der Waals surface area (Å²) in [6, 6.07) is 3.56. The molecule has 0 spiro atoms. The molecule has 1 aromatic heterocycles. The van der Waals surface area contributed by atoms with Crippen LogP contribution >= 0.6 is 0 Å². The molecule has 0 radical (unpaired) electrons. The quantitative estimate of drug-likeness (QED) is 0.918. The number of aromatic nitrogens is 3. The summed E-state index contributed by atoms with van der Waals surface area (Å²) in [5, 5.41) is 10.1. The fraction of sp³-hybridized carbons (Fsp3) is 0.429. The van der Waals surface area contributed by atoms with Gasteiger partial charge in [-0.05, 0) is 43.0 Å². The highest BCUT2D eigenvalue weighted by Gasteiger charge is 2.31. The van der Waals surface area contributed by atoms with Crippen LogP contribution in [0, 0.1) is 0 Å². The first-order chi connectivity index (χ1) is 9.91. The van der Waals surface area contributed by atoms with Crippen LogP contribution in [0.5, 0.6) is 5.75 Å². The lowest BCUT2D eigenvalue weighted by Gasteiger charge is -2.18. The van der Waals surface area contributed by atoms with Gasteiger partial charge in [-0.1, -0.05) is 6.92 Å². The molecular weight excluding hydrogens is 283 g/mol. The van der Waals surface area contributed by atoms with Crippen LogP contribution in [0.25, 0.3) is 0 Å². The SMILES string of the molecule is CCOc1ccc(C(F)(F)F)cc1C(C)Cc1cn[nH]n1. The predicted molar refractivity (Wildman–Crippen MR) is 71.1 cm³/mol. The maximum absolute atomic E-state index is 12.9. The van der Waals surface area contributed by atoms with E-state index in [4.69, 9.17) is 4.74 Å². The minimum atomic E-state index is -4.37. The lowest BCUT2D eigenvalue weighted by atomic mass is 9.94. The van der Waals surface area contributed by atoms with Gasteiger partial charge < -0.3 is 4.74 Å². The minimum Gasteiger partial charge on any atom is -0.494 e. The molecule has 1 N–H and O–H groups in total. The van der Waals surface area contributed by atoms with Gasteiger partial charge in [0.15, 0.2) is 0 Å². The van der Waals surface area contributed by atoms with Gasteiger partial charge in [0.05, 0.1) is 24.1 Å². The Morgan fingerprint density at radius 2 is 2.10 bits per heavy atom. The summed E-state index contributed by atoms with van der Waals surface area (Å²) in [7, 11) is 0. The molecule has 1 atom stereocenters. The Hall–Kier alpha value is -2.05. The van der Waals surface area contributed by atoms with Crippen molar-refractivity contribution in [2.75, 3.05) is 6.61 Å². The van der Waals surface area contributed by atoms with Gasteiger partial charge in [-0.3, -0.25) is 0 Å². The molecule has 0 aliphatic rings. The second-order valence-corrected chi connectivity index (χ2v) is 4.75. The molecule has 0 saturated heterocycles.